The third kappa shape index (κ3) is 3.12. The Labute approximate surface area is 115 Å². The number of aryl methyl sites for hydroxylation is 1. The number of hydrogen-bond acceptors (Lipinski definition) is 2. The van der Waals surface area contributed by atoms with E-state index in [0.29, 0.717) is 11.3 Å². The molecule has 2 aromatic rings. The van der Waals surface area contributed by atoms with Crippen LogP contribution in [0.1, 0.15) is 21.5 Å². The van der Waals surface area contributed by atoms with Crippen molar-refractivity contribution in [2.75, 3.05) is 0 Å². The van der Waals surface area contributed by atoms with Crippen molar-refractivity contribution in [1.82, 2.24) is 0 Å². The van der Waals surface area contributed by atoms with Crippen molar-refractivity contribution >= 4 is 17.9 Å². The molecule has 2 nitrogen and oxygen atoms in total. The van der Waals surface area contributed by atoms with Crippen LogP contribution in [0.4, 0.5) is 4.39 Å². The van der Waals surface area contributed by atoms with Crippen molar-refractivity contribution in [2.45, 2.75) is 13.5 Å². The number of aldehydes is 1. The Balaban J connectivity index is 2.21. The monoisotopic (exact) mass is 278 g/mol. The second-order valence-corrected chi connectivity index (χ2v) is 4.57. The summed E-state index contributed by atoms with van der Waals surface area (Å²) >= 11 is 6.07. The van der Waals surface area contributed by atoms with E-state index in [2.05, 4.69) is 0 Å². The standard InChI is InChI=1S/C15H12ClFO2/c1-10-5-6-12(13(16)7-10)9-19-15-11(8-18)3-2-4-14(15)17/h2-8H,9H2,1H3. The summed E-state index contributed by atoms with van der Waals surface area (Å²) in [6.07, 6.45) is 0.565. The molecule has 0 amide bonds. The smallest absolute Gasteiger partial charge is 0.165 e. The molecular formula is C15H12ClFO2. The van der Waals surface area contributed by atoms with Gasteiger partial charge in [-0.25, -0.2) is 4.39 Å². The van der Waals surface area contributed by atoms with Crippen LogP contribution in [0.25, 0.3) is 0 Å². The zero-order valence-electron chi connectivity index (χ0n) is 10.3. The van der Waals surface area contributed by atoms with Crippen molar-refractivity contribution < 1.29 is 13.9 Å². The number of hydrogen-bond donors (Lipinski definition) is 0. The topological polar surface area (TPSA) is 26.3 Å². The van der Waals surface area contributed by atoms with Gasteiger partial charge in [0.05, 0.1) is 5.56 Å². The molecule has 0 spiro atoms. The summed E-state index contributed by atoms with van der Waals surface area (Å²) in [5, 5.41) is 0.559. The SMILES string of the molecule is Cc1ccc(COc2c(F)cccc2C=O)c(Cl)c1. The Kier molecular flexibility index (Phi) is 4.17. The molecule has 0 aromatic heterocycles. The number of halogens is 2. The molecule has 2 rings (SSSR count). The van der Waals surface area contributed by atoms with E-state index < -0.39 is 5.82 Å². The molecule has 0 N–H and O–H groups in total. The maximum Gasteiger partial charge on any atom is 0.165 e. The van der Waals surface area contributed by atoms with Gasteiger partial charge in [-0.3, -0.25) is 4.79 Å². The fourth-order valence-electron chi connectivity index (χ4n) is 1.69. The zero-order valence-corrected chi connectivity index (χ0v) is 11.1. The van der Waals surface area contributed by atoms with Crippen LogP contribution in [-0.4, -0.2) is 6.29 Å². The predicted molar refractivity (Wildman–Crippen MR) is 72.3 cm³/mol. The van der Waals surface area contributed by atoms with E-state index in [0.717, 1.165) is 11.1 Å². The van der Waals surface area contributed by atoms with E-state index in [9.17, 15) is 9.18 Å². The fraction of sp³-hybridized carbons (Fsp3) is 0.133. The van der Waals surface area contributed by atoms with Gasteiger partial charge in [-0.1, -0.05) is 29.8 Å². The van der Waals surface area contributed by atoms with E-state index in [1.165, 1.54) is 18.2 Å². The Morgan fingerprint density at radius 3 is 2.79 bits per heavy atom. The lowest BCUT2D eigenvalue weighted by Crippen LogP contribution is -2.01. The van der Waals surface area contributed by atoms with Gasteiger partial charge in [0.1, 0.15) is 6.61 Å². The molecular weight excluding hydrogens is 267 g/mol. The molecule has 98 valence electrons. The van der Waals surface area contributed by atoms with Crippen LogP contribution in [-0.2, 0) is 6.61 Å². The maximum atomic E-state index is 13.6. The zero-order chi connectivity index (χ0) is 13.8. The van der Waals surface area contributed by atoms with Gasteiger partial charge in [0, 0.05) is 10.6 Å². The van der Waals surface area contributed by atoms with E-state index in [-0.39, 0.29) is 17.9 Å². The van der Waals surface area contributed by atoms with Crippen LogP contribution >= 0.6 is 11.6 Å². The van der Waals surface area contributed by atoms with Crippen molar-refractivity contribution in [2.24, 2.45) is 0 Å². The number of benzene rings is 2. The third-order valence-electron chi connectivity index (χ3n) is 2.70. The van der Waals surface area contributed by atoms with Gasteiger partial charge in [-0.2, -0.15) is 0 Å². The average molecular weight is 279 g/mol. The molecule has 0 bridgehead atoms. The number of carbonyl (C=O) groups excluding carboxylic acids is 1. The van der Waals surface area contributed by atoms with E-state index in [1.54, 1.807) is 0 Å². The molecule has 0 radical (unpaired) electrons. The number of rotatable bonds is 4. The van der Waals surface area contributed by atoms with E-state index in [4.69, 9.17) is 16.3 Å². The van der Waals surface area contributed by atoms with Gasteiger partial charge >= 0.3 is 0 Å². The molecule has 4 heteroatoms. The summed E-state index contributed by atoms with van der Waals surface area (Å²) in [5.41, 5.74) is 1.96. The van der Waals surface area contributed by atoms with Crippen LogP contribution in [0.3, 0.4) is 0 Å². The van der Waals surface area contributed by atoms with Gasteiger partial charge in [0.25, 0.3) is 0 Å². The lowest BCUT2D eigenvalue weighted by molar-refractivity contribution is 0.111. The van der Waals surface area contributed by atoms with Crippen LogP contribution in [0.15, 0.2) is 36.4 Å². The van der Waals surface area contributed by atoms with Crippen molar-refractivity contribution in [3.63, 3.8) is 0 Å². The molecule has 0 aliphatic rings. The number of ether oxygens (including phenoxy) is 1. The Bertz CT molecular complexity index is 611. The maximum absolute atomic E-state index is 13.6. The number of para-hydroxylation sites is 1. The Morgan fingerprint density at radius 1 is 1.32 bits per heavy atom. The first-order valence-corrected chi connectivity index (χ1v) is 6.11. The first-order chi connectivity index (χ1) is 9.11. The molecule has 0 saturated heterocycles. The molecule has 0 fully saturated rings. The molecule has 19 heavy (non-hydrogen) atoms. The van der Waals surface area contributed by atoms with E-state index >= 15 is 0 Å². The van der Waals surface area contributed by atoms with Gasteiger partial charge in [0.15, 0.2) is 17.9 Å². The quantitative estimate of drug-likeness (QED) is 0.784. The highest BCUT2D eigenvalue weighted by Gasteiger charge is 2.10. The first-order valence-electron chi connectivity index (χ1n) is 5.73. The molecule has 2 aromatic carbocycles. The highest BCUT2D eigenvalue weighted by Crippen LogP contribution is 2.24. The Hall–Kier alpha value is -1.87. The van der Waals surface area contributed by atoms with Crippen molar-refractivity contribution in [1.29, 1.82) is 0 Å². The minimum atomic E-state index is -0.562. The van der Waals surface area contributed by atoms with Crippen molar-refractivity contribution in [3.05, 3.63) is 63.9 Å². The first kappa shape index (κ1) is 13.6. The minimum Gasteiger partial charge on any atom is -0.485 e. The molecule has 0 saturated carbocycles. The summed E-state index contributed by atoms with van der Waals surface area (Å²) in [4.78, 5) is 10.8. The predicted octanol–water partition coefficient (Wildman–Crippen LogP) is 4.18. The molecule has 0 aliphatic carbocycles. The van der Waals surface area contributed by atoms with Crippen LogP contribution in [0.5, 0.6) is 5.75 Å². The lowest BCUT2D eigenvalue weighted by Gasteiger charge is -2.10. The summed E-state index contributed by atoms with van der Waals surface area (Å²) in [7, 11) is 0. The molecule has 0 atom stereocenters. The van der Waals surface area contributed by atoms with Crippen LogP contribution in [0.2, 0.25) is 5.02 Å². The highest BCUT2D eigenvalue weighted by molar-refractivity contribution is 6.31. The molecule has 0 unspecified atom stereocenters. The Morgan fingerprint density at radius 2 is 2.11 bits per heavy atom. The second kappa shape index (κ2) is 5.85. The summed E-state index contributed by atoms with van der Waals surface area (Å²) in [6, 6.07) is 9.74. The van der Waals surface area contributed by atoms with Gasteiger partial charge in [-0.05, 0) is 30.7 Å². The lowest BCUT2D eigenvalue weighted by atomic mass is 10.1. The average Bonchev–Trinajstić information content (AvgIpc) is 2.39. The molecule has 0 aliphatic heterocycles. The molecule has 0 heterocycles. The van der Waals surface area contributed by atoms with Gasteiger partial charge < -0.3 is 4.74 Å². The van der Waals surface area contributed by atoms with E-state index in [1.807, 2.05) is 25.1 Å². The summed E-state index contributed by atoms with van der Waals surface area (Å²) in [6.45, 7) is 2.04. The highest BCUT2D eigenvalue weighted by atomic mass is 35.5. The van der Waals surface area contributed by atoms with Crippen LogP contribution < -0.4 is 4.74 Å². The fourth-order valence-corrected chi connectivity index (χ4v) is 1.98. The minimum absolute atomic E-state index is 0.0471. The third-order valence-corrected chi connectivity index (χ3v) is 3.06. The van der Waals surface area contributed by atoms with Gasteiger partial charge in [0.2, 0.25) is 0 Å². The number of carbonyl (C=O) groups is 1. The van der Waals surface area contributed by atoms with Gasteiger partial charge in [-0.15, -0.1) is 0 Å². The largest absolute Gasteiger partial charge is 0.485 e. The summed E-state index contributed by atoms with van der Waals surface area (Å²) in [5.74, 6) is -0.609. The summed E-state index contributed by atoms with van der Waals surface area (Å²) < 4.78 is 19.0. The van der Waals surface area contributed by atoms with Crippen LogP contribution in [0, 0.1) is 12.7 Å². The normalized spacial score (nSPS) is 10.3. The van der Waals surface area contributed by atoms with Crippen molar-refractivity contribution in [3.8, 4) is 5.75 Å². The second-order valence-electron chi connectivity index (χ2n) is 4.16.